The summed E-state index contributed by atoms with van der Waals surface area (Å²) in [5, 5.41) is 7.10. The molecule has 116 valence electrons. The lowest BCUT2D eigenvalue weighted by Gasteiger charge is -2.31. The number of benzene rings is 1. The maximum absolute atomic E-state index is 11.8. The van der Waals surface area contributed by atoms with E-state index in [0.29, 0.717) is 11.0 Å². The Bertz CT molecular complexity index is 752. The molecule has 2 atom stereocenters. The van der Waals surface area contributed by atoms with Gasteiger partial charge in [-0.05, 0) is 24.6 Å². The first-order valence-electron chi connectivity index (χ1n) is 5.95. The summed E-state index contributed by atoms with van der Waals surface area (Å²) in [4.78, 5) is 32.2. The molecule has 0 radical (unpaired) electrons. The van der Waals surface area contributed by atoms with Crippen LogP contribution in [0.15, 0.2) is 24.5 Å². The summed E-state index contributed by atoms with van der Waals surface area (Å²) < 4.78 is 24.6. The zero-order valence-electron chi connectivity index (χ0n) is 11.4. The largest absolute Gasteiger partial charge is 0.368 e. The van der Waals surface area contributed by atoms with Gasteiger partial charge >= 0.3 is 7.60 Å². The van der Waals surface area contributed by atoms with Crippen LogP contribution in [0.1, 0.15) is 5.56 Å². The molecule has 0 spiro atoms. The van der Waals surface area contributed by atoms with E-state index in [1.54, 1.807) is 12.1 Å². The molecule has 4 N–H and O–H groups in total. The van der Waals surface area contributed by atoms with Gasteiger partial charge in [0.05, 0.1) is 23.9 Å². The summed E-state index contributed by atoms with van der Waals surface area (Å²) in [5.41, 5.74) is 1.94. The predicted molar refractivity (Wildman–Crippen MR) is 77.2 cm³/mol. The topological polar surface area (TPSA) is 133 Å². The van der Waals surface area contributed by atoms with E-state index in [-0.39, 0.29) is 0 Å². The fourth-order valence-electron chi connectivity index (χ4n) is 1.99. The van der Waals surface area contributed by atoms with Gasteiger partial charge in [-0.2, -0.15) is 0 Å². The van der Waals surface area contributed by atoms with Crippen molar-refractivity contribution in [2.45, 2.75) is 18.6 Å². The second-order valence-corrected chi connectivity index (χ2v) is 9.74. The van der Waals surface area contributed by atoms with Crippen molar-refractivity contribution in [3.05, 3.63) is 30.1 Å². The molecule has 1 aromatic heterocycles. The highest BCUT2D eigenvalue weighted by Crippen LogP contribution is 2.68. The third-order valence-corrected chi connectivity index (χ3v) is 7.73. The van der Waals surface area contributed by atoms with Crippen molar-refractivity contribution < 1.29 is 28.9 Å². The molecule has 0 aliphatic heterocycles. The Kier molecular flexibility index (Phi) is 3.91. The van der Waals surface area contributed by atoms with E-state index in [0.717, 1.165) is 12.2 Å². The van der Waals surface area contributed by atoms with Gasteiger partial charge < -0.3 is 24.4 Å². The lowest BCUT2D eigenvalue weighted by atomic mass is 10.2. The van der Waals surface area contributed by atoms with E-state index in [9.17, 15) is 28.9 Å². The van der Waals surface area contributed by atoms with Gasteiger partial charge in [0, 0.05) is 6.66 Å². The van der Waals surface area contributed by atoms with Gasteiger partial charge in [0.25, 0.3) is 5.08 Å². The van der Waals surface area contributed by atoms with Crippen LogP contribution in [0.4, 0.5) is 0 Å². The lowest BCUT2D eigenvalue weighted by molar-refractivity contribution is 0.134. The lowest BCUT2D eigenvalue weighted by Crippen LogP contribution is -2.33. The van der Waals surface area contributed by atoms with E-state index in [2.05, 4.69) is 4.98 Å². The molecule has 2 rings (SSSR count). The third-order valence-electron chi connectivity index (χ3n) is 3.29. The third kappa shape index (κ3) is 2.83. The number of hydrogen-bond donors (Lipinski definition) is 4. The summed E-state index contributed by atoms with van der Waals surface area (Å²) in [5.74, 6) is 0. The van der Waals surface area contributed by atoms with Crippen molar-refractivity contribution in [3.8, 4) is 0 Å². The van der Waals surface area contributed by atoms with Gasteiger partial charge in [-0.15, -0.1) is 0 Å². The van der Waals surface area contributed by atoms with Crippen LogP contribution in [-0.4, -0.2) is 41.1 Å². The first kappa shape index (κ1) is 16.4. The van der Waals surface area contributed by atoms with Crippen molar-refractivity contribution >= 4 is 26.0 Å². The smallest absolute Gasteiger partial charge is 0.368 e. The monoisotopic (exact) mass is 334 g/mol. The van der Waals surface area contributed by atoms with Gasteiger partial charge in [-0.1, -0.05) is 6.07 Å². The highest BCUT2D eigenvalue weighted by atomic mass is 31.2. The van der Waals surface area contributed by atoms with Gasteiger partial charge in [0.2, 0.25) is 7.37 Å². The van der Waals surface area contributed by atoms with Gasteiger partial charge in [0.15, 0.2) is 0 Å². The Balaban J connectivity index is 2.58. The molecule has 8 nitrogen and oxygen atoms in total. The molecule has 21 heavy (non-hydrogen) atoms. The minimum Gasteiger partial charge on any atom is -0.368 e. The molecule has 1 aromatic carbocycles. The summed E-state index contributed by atoms with van der Waals surface area (Å²) in [7, 11) is -9.74. The Labute approximate surface area is 120 Å². The fourth-order valence-corrected chi connectivity index (χ4v) is 4.67. The van der Waals surface area contributed by atoms with Crippen molar-refractivity contribution in [2.75, 3.05) is 6.66 Å². The molecule has 0 fully saturated rings. The highest BCUT2D eigenvalue weighted by Gasteiger charge is 2.57. The molecule has 1 heterocycles. The second kappa shape index (κ2) is 5.02. The Morgan fingerprint density at radius 3 is 2.43 bits per heavy atom. The Morgan fingerprint density at radius 2 is 1.90 bits per heavy atom. The number of rotatable bonds is 4. The zero-order chi connectivity index (χ0) is 16.1. The van der Waals surface area contributed by atoms with Crippen LogP contribution in [0.2, 0.25) is 0 Å². The number of imidazole rings is 1. The molecule has 0 saturated heterocycles. The molecule has 2 unspecified atom stereocenters. The van der Waals surface area contributed by atoms with Crippen LogP contribution in [-0.2, 0) is 15.7 Å². The van der Waals surface area contributed by atoms with Gasteiger partial charge in [0.1, 0.15) is 0 Å². The van der Waals surface area contributed by atoms with E-state index in [4.69, 9.17) is 0 Å². The molecule has 0 aliphatic carbocycles. The average Bonchev–Trinajstić information content (AvgIpc) is 2.69. The van der Waals surface area contributed by atoms with E-state index in [1.165, 1.54) is 10.9 Å². The molecule has 10 heteroatoms. The first-order valence-corrected chi connectivity index (χ1v) is 9.67. The normalized spacial score (nSPS) is 18.4. The minimum absolute atomic E-state index is 0.510. The quantitative estimate of drug-likeness (QED) is 0.615. The average molecular weight is 334 g/mol. The number of hydrogen-bond acceptors (Lipinski definition) is 4. The van der Waals surface area contributed by atoms with E-state index < -0.39 is 26.6 Å². The molecule has 0 saturated carbocycles. The van der Waals surface area contributed by atoms with Crippen LogP contribution >= 0.6 is 15.0 Å². The van der Waals surface area contributed by atoms with E-state index in [1.807, 2.05) is 13.0 Å². The Hall–Kier alpha value is -1.01. The number of aliphatic hydroxyl groups is 1. The van der Waals surface area contributed by atoms with Crippen LogP contribution in [0.5, 0.6) is 0 Å². The van der Waals surface area contributed by atoms with Crippen LogP contribution < -0.4 is 0 Å². The SMILES string of the molecule is Cc1ccc2ncn(CC(O)(P(C)(=O)O)P(=O)(O)O)c2c1. The first-order chi connectivity index (χ1) is 9.46. The number of nitrogens with zero attached hydrogens (tertiary/aromatic N) is 2. The molecular formula is C11H16N2O6P2. The molecule has 0 aliphatic rings. The molecule has 0 amide bonds. The van der Waals surface area contributed by atoms with Crippen molar-refractivity contribution in [3.63, 3.8) is 0 Å². The van der Waals surface area contributed by atoms with Crippen molar-refractivity contribution in [2.24, 2.45) is 0 Å². The number of aromatic nitrogens is 2. The summed E-state index contributed by atoms with van der Waals surface area (Å²) in [6.45, 7) is 1.81. The van der Waals surface area contributed by atoms with Crippen molar-refractivity contribution in [1.29, 1.82) is 0 Å². The number of fused-ring (bicyclic) bond motifs is 1. The van der Waals surface area contributed by atoms with Crippen LogP contribution in [0.3, 0.4) is 0 Å². The maximum Gasteiger partial charge on any atom is 0.368 e. The Morgan fingerprint density at radius 1 is 1.29 bits per heavy atom. The fraction of sp³-hybridized carbons (Fsp3) is 0.364. The number of aryl methyl sites for hydroxylation is 1. The highest BCUT2D eigenvalue weighted by molar-refractivity contribution is 7.74. The predicted octanol–water partition coefficient (Wildman–Crippen LogP) is 1.07. The minimum atomic E-state index is -5.25. The standard InChI is InChI=1S/C11H16N2O6P2/c1-8-3-4-9-10(5-8)13(7-12-9)6-11(14,20(2,15)16)21(17,18)19/h3-5,7,14H,6H2,1-2H3,(H,15,16)(H2,17,18,19). The summed E-state index contributed by atoms with van der Waals surface area (Å²) in [6, 6.07) is 5.23. The molecular weight excluding hydrogens is 318 g/mol. The summed E-state index contributed by atoms with van der Waals surface area (Å²) in [6.07, 6.45) is 1.26. The molecule has 2 aromatic rings. The zero-order valence-corrected chi connectivity index (χ0v) is 13.2. The van der Waals surface area contributed by atoms with Gasteiger partial charge in [-0.25, -0.2) is 4.98 Å². The summed E-state index contributed by atoms with van der Waals surface area (Å²) >= 11 is 0. The van der Waals surface area contributed by atoms with Crippen molar-refractivity contribution in [1.82, 2.24) is 9.55 Å². The second-order valence-electron chi connectivity index (χ2n) is 5.06. The van der Waals surface area contributed by atoms with Gasteiger partial charge in [-0.3, -0.25) is 9.13 Å². The van der Waals surface area contributed by atoms with Crippen LogP contribution in [0, 0.1) is 6.92 Å². The van der Waals surface area contributed by atoms with Crippen LogP contribution in [0.25, 0.3) is 11.0 Å². The van der Waals surface area contributed by atoms with E-state index >= 15 is 0 Å². The molecule has 0 bridgehead atoms. The maximum atomic E-state index is 11.8.